The Morgan fingerprint density at radius 1 is 1.16 bits per heavy atom. The third-order valence-corrected chi connectivity index (χ3v) is 6.32. The summed E-state index contributed by atoms with van der Waals surface area (Å²) in [7, 11) is -3.87. The van der Waals surface area contributed by atoms with Gasteiger partial charge in [0.2, 0.25) is 10.0 Å². The lowest BCUT2D eigenvalue weighted by molar-refractivity contribution is 0.0691. The van der Waals surface area contributed by atoms with E-state index in [1.807, 2.05) is 30.3 Å². The molecular weight excluding hydrogens is 345 g/mol. The minimum Gasteiger partial charge on any atom is -0.478 e. The Hall–Kier alpha value is -2.25. The van der Waals surface area contributed by atoms with Crippen molar-refractivity contribution in [1.82, 2.24) is 4.31 Å². The Kier molecular flexibility index (Phi) is 4.87. The van der Waals surface area contributed by atoms with Gasteiger partial charge in [0.15, 0.2) is 0 Å². The van der Waals surface area contributed by atoms with Crippen molar-refractivity contribution in [2.75, 3.05) is 13.1 Å². The van der Waals surface area contributed by atoms with Crippen molar-refractivity contribution in [2.24, 2.45) is 0 Å². The number of hydrogen-bond acceptors (Lipinski definition) is 3. The second-order valence-corrected chi connectivity index (χ2v) is 8.00. The first-order valence-electron chi connectivity index (χ1n) is 7.97. The van der Waals surface area contributed by atoms with E-state index in [-0.39, 0.29) is 10.8 Å². The summed E-state index contributed by atoms with van der Waals surface area (Å²) in [6.45, 7) is 0.692. The molecule has 7 heteroatoms. The van der Waals surface area contributed by atoms with Crippen LogP contribution >= 0.6 is 0 Å². The largest absolute Gasteiger partial charge is 0.478 e. The Bertz CT molecular complexity index is 883. The predicted octanol–water partition coefficient (Wildman–Crippen LogP) is 3.09. The number of carboxylic acids is 1. The van der Waals surface area contributed by atoms with Crippen LogP contribution in [0.2, 0.25) is 0 Å². The van der Waals surface area contributed by atoms with Gasteiger partial charge in [-0.05, 0) is 42.5 Å². The van der Waals surface area contributed by atoms with Crippen LogP contribution < -0.4 is 0 Å². The first-order chi connectivity index (χ1) is 11.9. The second kappa shape index (κ2) is 6.93. The van der Waals surface area contributed by atoms with Crippen LogP contribution in [0.3, 0.4) is 0 Å². The molecule has 2 aromatic carbocycles. The molecule has 1 aliphatic rings. The molecule has 0 spiro atoms. The van der Waals surface area contributed by atoms with Crippen molar-refractivity contribution in [2.45, 2.75) is 23.7 Å². The van der Waals surface area contributed by atoms with Gasteiger partial charge in [0, 0.05) is 13.1 Å². The van der Waals surface area contributed by atoms with Crippen LogP contribution in [0, 0.1) is 5.82 Å². The lowest BCUT2D eigenvalue weighted by Gasteiger charge is -2.32. The molecule has 0 bridgehead atoms. The quantitative estimate of drug-likeness (QED) is 0.906. The van der Waals surface area contributed by atoms with E-state index < -0.39 is 27.4 Å². The van der Waals surface area contributed by atoms with Gasteiger partial charge in [-0.15, -0.1) is 0 Å². The molecule has 2 aromatic rings. The molecule has 3 rings (SSSR count). The number of carbonyl (C=O) groups is 1. The van der Waals surface area contributed by atoms with Crippen LogP contribution in [0.4, 0.5) is 4.39 Å². The predicted molar refractivity (Wildman–Crippen MR) is 90.5 cm³/mol. The van der Waals surface area contributed by atoms with E-state index in [4.69, 9.17) is 5.11 Å². The summed E-state index contributed by atoms with van der Waals surface area (Å²) >= 11 is 0. The Morgan fingerprint density at radius 3 is 2.56 bits per heavy atom. The zero-order chi connectivity index (χ0) is 18.0. The van der Waals surface area contributed by atoms with Crippen molar-refractivity contribution in [3.63, 3.8) is 0 Å². The van der Waals surface area contributed by atoms with Gasteiger partial charge >= 0.3 is 5.97 Å². The van der Waals surface area contributed by atoms with Crippen LogP contribution in [0.1, 0.15) is 34.7 Å². The fourth-order valence-electron chi connectivity index (χ4n) is 3.14. The van der Waals surface area contributed by atoms with E-state index in [1.165, 1.54) is 4.31 Å². The molecule has 5 nitrogen and oxygen atoms in total. The van der Waals surface area contributed by atoms with Crippen LogP contribution in [-0.2, 0) is 10.0 Å². The number of halogens is 1. The Morgan fingerprint density at radius 2 is 1.88 bits per heavy atom. The number of piperidine rings is 1. The van der Waals surface area contributed by atoms with E-state index >= 15 is 0 Å². The van der Waals surface area contributed by atoms with Gasteiger partial charge in [-0.2, -0.15) is 4.31 Å². The molecule has 0 radical (unpaired) electrons. The van der Waals surface area contributed by atoms with Crippen molar-refractivity contribution in [3.05, 3.63) is 65.5 Å². The van der Waals surface area contributed by atoms with Gasteiger partial charge in [-0.3, -0.25) is 0 Å². The third-order valence-electron chi connectivity index (χ3n) is 4.46. The van der Waals surface area contributed by atoms with Crippen molar-refractivity contribution >= 4 is 16.0 Å². The highest BCUT2D eigenvalue weighted by atomic mass is 32.2. The molecular formula is C18H18FNO4S. The summed E-state index contributed by atoms with van der Waals surface area (Å²) < 4.78 is 40.6. The van der Waals surface area contributed by atoms with Crippen LogP contribution in [-0.4, -0.2) is 36.9 Å². The minimum atomic E-state index is -3.87. The number of benzene rings is 2. The van der Waals surface area contributed by atoms with E-state index in [9.17, 15) is 17.6 Å². The molecule has 1 saturated heterocycles. The summed E-state index contributed by atoms with van der Waals surface area (Å²) in [6, 6.07) is 12.6. The van der Waals surface area contributed by atoms with Crippen molar-refractivity contribution < 1.29 is 22.7 Å². The topological polar surface area (TPSA) is 74.7 Å². The molecule has 0 aliphatic carbocycles. The molecule has 0 aromatic heterocycles. The maximum Gasteiger partial charge on any atom is 0.338 e. The van der Waals surface area contributed by atoms with Gasteiger partial charge in [0.05, 0.1) is 10.5 Å². The second-order valence-electron chi connectivity index (χ2n) is 6.06. The average molecular weight is 363 g/mol. The molecule has 1 fully saturated rings. The SMILES string of the molecule is O=C(O)c1cc(S(=O)(=O)N2CCCC(c3ccccc3)C2)ccc1F. The Balaban J connectivity index is 1.89. The number of carboxylic acid groups (broad SMARTS) is 1. The lowest BCUT2D eigenvalue weighted by atomic mass is 9.92. The highest BCUT2D eigenvalue weighted by Crippen LogP contribution is 2.30. The summed E-state index contributed by atoms with van der Waals surface area (Å²) in [6.07, 6.45) is 1.60. The van der Waals surface area contributed by atoms with E-state index in [1.54, 1.807) is 0 Å². The molecule has 1 N–H and O–H groups in total. The van der Waals surface area contributed by atoms with Crippen molar-refractivity contribution in [3.8, 4) is 0 Å². The van der Waals surface area contributed by atoms with Gasteiger partial charge in [0.1, 0.15) is 5.82 Å². The summed E-state index contributed by atoms with van der Waals surface area (Å²) in [5, 5.41) is 9.01. The average Bonchev–Trinajstić information content (AvgIpc) is 2.62. The third kappa shape index (κ3) is 3.57. The highest BCUT2D eigenvalue weighted by Gasteiger charge is 2.31. The Labute approximate surface area is 145 Å². The maximum absolute atomic E-state index is 13.5. The summed E-state index contributed by atoms with van der Waals surface area (Å²) in [4.78, 5) is 10.9. The highest BCUT2D eigenvalue weighted by molar-refractivity contribution is 7.89. The van der Waals surface area contributed by atoms with E-state index in [0.717, 1.165) is 30.2 Å². The van der Waals surface area contributed by atoms with E-state index in [2.05, 4.69) is 0 Å². The van der Waals surface area contributed by atoms with Gasteiger partial charge < -0.3 is 5.11 Å². The lowest BCUT2D eigenvalue weighted by Crippen LogP contribution is -2.39. The van der Waals surface area contributed by atoms with Crippen LogP contribution in [0.15, 0.2) is 53.4 Å². The first kappa shape index (κ1) is 17.6. The van der Waals surface area contributed by atoms with Crippen LogP contribution in [0.5, 0.6) is 0 Å². The smallest absolute Gasteiger partial charge is 0.338 e. The van der Waals surface area contributed by atoms with Gasteiger partial charge in [-0.1, -0.05) is 30.3 Å². The maximum atomic E-state index is 13.5. The monoisotopic (exact) mass is 363 g/mol. The number of sulfonamides is 1. The molecule has 0 saturated carbocycles. The first-order valence-corrected chi connectivity index (χ1v) is 9.41. The molecule has 0 amide bonds. The standard InChI is InChI=1S/C18H18FNO4S/c19-17-9-8-15(11-16(17)18(21)22)25(23,24)20-10-4-7-14(12-20)13-5-2-1-3-6-13/h1-3,5-6,8-9,11,14H,4,7,10,12H2,(H,21,22). The van der Waals surface area contributed by atoms with Gasteiger partial charge in [0.25, 0.3) is 0 Å². The van der Waals surface area contributed by atoms with Gasteiger partial charge in [-0.25, -0.2) is 17.6 Å². The molecule has 1 atom stereocenters. The molecule has 132 valence electrons. The number of hydrogen-bond donors (Lipinski definition) is 1. The fourth-order valence-corrected chi connectivity index (χ4v) is 4.69. The molecule has 25 heavy (non-hydrogen) atoms. The minimum absolute atomic E-state index is 0.0871. The fraction of sp³-hybridized carbons (Fsp3) is 0.278. The normalized spacial score (nSPS) is 18.8. The number of aromatic carboxylic acids is 1. The molecule has 1 unspecified atom stereocenters. The van der Waals surface area contributed by atoms with E-state index in [0.29, 0.717) is 19.5 Å². The molecule has 1 heterocycles. The zero-order valence-corrected chi connectivity index (χ0v) is 14.2. The summed E-state index contributed by atoms with van der Waals surface area (Å²) in [5.41, 5.74) is 0.436. The molecule has 1 aliphatic heterocycles. The zero-order valence-electron chi connectivity index (χ0n) is 13.4. The van der Waals surface area contributed by atoms with Crippen LogP contribution in [0.25, 0.3) is 0 Å². The summed E-state index contributed by atoms with van der Waals surface area (Å²) in [5.74, 6) is -2.35. The van der Waals surface area contributed by atoms with Crippen molar-refractivity contribution in [1.29, 1.82) is 0 Å². The number of rotatable bonds is 4. The number of nitrogens with zero attached hydrogens (tertiary/aromatic N) is 1.